The standard InChI is InChI=1S/C15H17N3O5/c19-15(13-5-4-10-22-13)23-9-3-1-2-8-16-14-7-6-12(11-17-14)18(20)21/h4-7,10-11H,1-3,8-9H2,(H,16,17). The highest BCUT2D eigenvalue weighted by atomic mass is 16.6. The van der Waals surface area contributed by atoms with Gasteiger partial charge in [-0.15, -0.1) is 0 Å². The molecule has 0 radical (unpaired) electrons. The molecule has 1 N–H and O–H groups in total. The summed E-state index contributed by atoms with van der Waals surface area (Å²) >= 11 is 0. The number of anilines is 1. The second-order valence-corrected chi connectivity index (χ2v) is 4.76. The third kappa shape index (κ3) is 5.42. The molecule has 8 nitrogen and oxygen atoms in total. The van der Waals surface area contributed by atoms with Crippen molar-refractivity contribution in [3.05, 3.63) is 52.6 Å². The first kappa shape index (κ1) is 16.5. The van der Waals surface area contributed by atoms with E-state index < -0.39 is 10.9 Å². The summed E-state index contributed by atoms with van der Waals surface area (Å²) in [5.74, 6) is 0.346. The molecule has 8 heteroatoms. The van der Waals surface area contributed by atoms with Gasteiger partial charge in [-0.25, -0.2) is 9.78 Å². The van der Waals surface area contributed by atoms with E-state index in [1.807, 2.05) is 0 Å². The molecule has 0 bridgehead atoms. The Balaban J connectivity index is 1.54. The normalized spacial score (nSPS) is 10.3. The fourth-order valence-electron chi connectivity index (χ4n) is 1.85. The zero-order chi connectivity index (χ0) is 16.5. The SMILES string of the molecule is O=C(OCCCCCNc1ccc([N+](=O)[O-])cn1)c1ccco1. The van der Waals surface area contributed by atoms with Gasteiger partial charge < -0.3 is 14.5 Å². The third-order valence-electron chi connectivity index (χ3n) is 3.04. The lowest BCUT2D eigenvalue weighted by molar-refractivity contribution is -0.385. The van der Waals surface area contributed by atoms with Crippen molar-refractivity contribution < 1.29 is 18.9 Å². The largest absolute Gasteiger partial charge is 0.460 e. The summed E-state index contributed by atoms with van der Waals surface area (Å²) < 4.78 is 9.99. The van der Waals surface area contributed by atoms with Crippen LogP contribution in [0.15, 0.2) is 41.1 Å². The van der Waals surface area contributed by atoms with Crippen LogP contribution >= 0.6 is 0 Å². The lowest BCUT2D eigenvalue weighted by Gasteiger charge is -2.05. The monoisotopic (exact) mass is 319 g/mol. The molecule has 0 saturated heterocycles. The van der Waals surface area contributed by atoms with Crippen molar-refractivity contribution >= 4 is 17.5 Å². The summed E-state index contributed by atoms with van der Waals surface area (Å²) in [5, 5.41) is 13.6. The summed E-state index contributed by atoms with van der Waals surface area (Å²) in [6, 6.07) is 6.17. The van der Waals surface area contributed by atoms with Crippen molar-refractivity contribution in [1.29, 1.82) is 0 Å². The Hall–Kier alpha value is -2.90. The molecule has 2 rings (SSSR count). The van der Waals surface area contributed by atoms with Gasteiger partial charge in [-0.05, 0) is 37.5 Å². The van der Waals surface area contributed by atoms with Gasteiger partial charge in [-0.1, -0.05) is 0 Å². The number of hydrogen-bond acceptors (Lipinski definition) is 7. The molecule has 0 saturated carbocycles. The number of pyridine rings is 1. The fourth-order valence-corrected chi connectivity index (χ4v) is 1.85. The lowest BCUT2D eigenvalue weighted by atomic mass is 10.2. The highest BCUT2D eigenvalue weighted by Gasteiger charge is 2.09. The average molecular weight is 319 g/mol. The second kappa shape index (κ2) is 8.52. The van der Waals surface area contributed by atoms with Crippen molar-refractivity contribution in [3.63, 3.8) is 0 Å². The number of carbonyl (C=O) groups is 1. The third-order valence-corrected chi connectivity index (χ3v) is 3.04. The van der Waals surface area contributed by atoms with E-state index in [0.717, 1.165) is 19.3 Å². The quantitative estimate of drug-likeness (QED) is 0.327. The van der Waals surface area contributed by atoms with Crippen LogP contribution in [-0.2, 0) is 4.74 Å². The summed E-state index contributed by atoms with van der Waals surface area (Å²) in [6.07, 6.45) is 5.15. The van der Waals surface area contributed by atoms with Crippen molar-refractivity contribution in [2.75, 3.05) is 18.5 Å². The maximum absolute atomic E-state index is 11.5. The number of furan rings is 1. The van der Waals surface area contributed by atoms with E-state index in [9.17, 15) is 14.9 Å². The van der Waals surface area contributed by atoms with Crippen LogP contribution in [0, 0.1) is 10.1 Å². The molecule has 122 valence electrons. The molecule has 0 amide bonds. The number of nitrogens with zero attached hydrogens (tertiary/aromatic N) is 2. The van der Waals surface area contributed by atoms with Crippen LogP contribution in [0.1, 0.15) is 29.8 Å². The van der Waals surface area contributed by atoms with Gasteiger partial charge in [-0.3, -0.25) is 10.1 Å². The van der Waals surface area contributed by atoms with Crippen LogP contribution in [-0.4, -0.2) is 29.0 Å². The van der Waals surface area contributed by atoms with E-state index in [2.05, 4.69) is 10.3 Å². The number of aromatic nitrogens is 1. The fraction of sp³-hybridized carbons (Fsp3) is 0.333. The number of nitrogens with one attached hydrogen (secondary N) is 1. The number of esters is 1. The highest BCUT2D eigenvalue weighted by molar-refractivity contribution is 5.86. The van der Waals surface area contributed by atoms with Gasteiger partial charge in [-0.2, -0.15) is 0 Å². The Bertz CT molecular complexity index is 625. The molecule has 0 aromatic carbocycles. The maximum atomic E-state index is 11.5. The minimum Gasteiger partial charge on any atom is -0.460 e. The molecule has 0 unspecified atom stereocenters. The summed E-state index contributed by atoms with van der Waals surface area (Å²) in [7, 11) is 0. The van der Waals surface area contributed by atoms with Crippen molar-refractivity contribution in [2.24, 2.45) is 0 Å². The van der Waals surface area contributed by atoms with E-state index in [-0.39, 0.29) is 11.4 Å². The summed E-state index contributed by atoms with van der Waals surface area (Å²) in [4.78, 5) is 25.4. The first-order chi connectivity index (χ1) is 11.2. The van der Waals surface area contributed by atoms with Crippen LogP contribution in [0.4, 0.5) is 11.5 Å². The molecular weight excluding hydrogens is 302 g/mol. The number of ether oxygens (including phenoxy) is 1. The smallest absolute Gasteiger partial charge is 0.374 e. The molecule has 0 aliphatic rings. The predicted octanol–water partition coefficient (Wildman–Crippen LogP) is 3.02. The molecule has 2 heterocycles. The summed E-state index contributed by atoms with van der Waals surface area (Å²) in [6.45, 7) is 1.03. The molecule has 0 aliphatic heterocycles. The minimum absolute atomic E-state index is 0.0334. The summed E-state index contributed by atoms with van der Waals surface area (Å²) in [5.41, 5.74) is -0.0334. The van der Waals surface area contributed by atoms with Gasteiger partial charge in [0, 0.05) is 12.6 Å². The molecule has 0 atom stereocenters. The van der Waals surface area contributed by atoms with Crippen molar-refractivity contribution in [2.45, 2.75) is 19.3 Å². The Morgan fingerprint density at radius 1 is 1.30 bits per heavy atom. The van der Waals surface area contributed by atoms with Gasteiger partial charge in [0.2, 0.25) is 5.76 Å². The zero-order valence-corrected chi connectivity index (χ0v) is 12.4. The topological polar surface area (TPSA) is 108 Å². The van der Waals surface area contributed by atoms with E-state index in [0.29, 0.717) is 19.0 Å². The van der Waals surface area contributed by atoms with Gasteiger partial charge in [0.25, 0.3) is 5.69 Å². The van der Waals surface area contributed by atoms with Crippen molar-refractivity contribution in [3.8, 4) is 0 Å². The zero-order valence-electron chi connectivity index (χ0n) is 12.4. The number of rotatable bonds is 9. The van der Waals surface area contributed by atoms with Crippen molar-refractivity contribution in [1.82, 2.24) is 4.98 Å². The lowest BCUT2D eigenvalue weighted by Crippen LogP contribution is -2.07. The van der Waals surface area contributed by atoms with Crippen LogP contribution in [0.25, 0.3) is 0 Å². The number of nitro groups is 1. The van der Waals surface area contributed by atoms with Crippen LogP contribution < -0.4 is 5.32 Å². The minimum atomic E-state index is -0.485. The Morgan fingerprint density at radius 2 is 2.17 bits per heavy atom. The van der Waals surface area contributed by atoms with E-state index in [4.69, 9.17) is 9.15 Å². The van der Waals surface area contributed by atoms with Crippen LogP contribution in [0.3, 0.4) is 0 Å². The second-order valence-electron chi connectivity index (χ2n) is 4.76. The van der Waals surface area contributed by atoms with E-state index >= 15 is 0 Å². The van der Waals surface area contributed by atoms with Gasteiger partial charge >= 0.3 is 5.97 Å². The Kier molecular flexibility index (Phi) is 6.10. The average Bonchev–Trinajstić information content (AvgIpc) is 3.08. The molecule has 2 aromatic heterocycles. The predicted molar refractivity (Wildman–Crippen MR) is 82.2 cm³/mol. The first-order valence-electron chi connectivity index (χ1n) is 7.22. The Labute approximate surface area is 132 Å². The van der Waals surface area contributed by atoms with Gasteiger partial charge in [0.05, 0.1) is 17.8 Å². The number of carbonyl (C=O) groups excluding carboxylic acids is 1. The van der Waals surface area contributed by atoms with Crippen LogP contribution in [0.2, 0.25) is 0 Å². The first-order valence-corrected chi connectivity index (χ1v) is 7.22. The molecule has 0 aliphatic carbocycles. The van der Waals surface area contributed by atoms with Gasteiger partial charge in [0.15, 0.2) is 0 Å². The van der Waals surface area contributed by atoms with Gasteiger partial charge in [0.1, 0.15) is 12.0 Å². The molecular formula is C15H17N3O5. The Morgan fingerprint density at radius 3 is 2.83 bits per heavy atom. The molecule has 0 spiro atoms. The van der Waals surface area contributed by atoms with E-state index in [1.165, 1.54) is 18.5 Å². The van der Waals surface area contributed by atoms with E-state index in [1.54, 1.807) is 18.2 Å². The highest BCUT2D eigenvalue weighted by Crippen LogP contribution is 2.12. The molecule has 23 heavy (non-hydrogen) atoms. The molecule has 2 aromatic rings. The molecule has 0 fully saturated rings. The number of hydrogen-bond donors (Lipinski definition) is 1. The maximum Gasteiger partial charge on any atom is 0.374 e. The number of unbranched alkanes of at least 4 members (excludes halogenated alkanes) is 2. The van der Waals surface area contributed by atoms with Crippen LogP contribution in [0.5, 0.6) is 0 Å².